The van der Waals surface area contributed by atoms with Crippen molar-refractivity contribution in [2.75, 3.05) is 13.2 Å². The molecule has 0 rings (SSSR count). The molecule has 6 N–H and O–H groups in total. The highest BCUT2D eigenvalue weighted by atomic mass is 32.3. The Morgan fingerprint density at radius 2 is 1.39 bits per heavy atom. The lowest BCUT2D eigenvalue weighted by atomic mass is 10.0. The average Bonchev–Trinajstić information content (AvgIpc) is 2.64. The summed E-state index contributed by atoms with van der Waals surface area (Å²) in [6.45, 7) is 1.41. The topological polar surface area (TPSA) is 174 Å². The van der Waals surface area contributed by atoms with Gasteiger partial charge in [0.2, 0.25) is 0 Å². The first-order valence-corrected chi connectivity index (χ1v) is 11.1. The summed E-state index contributed by atoms with van der Waals surface area (Å²) >= 11 is 0. The van der Waals surface area contributed by atoms with Gasteiger partial charge in [-0.25, -0.2) is 4.18 Å². The number of aliphatic hydroxyl groups excluding tert-OH is 4. The van der Waals surface area contributed by atoms with E-state index in [0.717, 1.165) is 19.3 Å². The number of amides is 1. The predicted molar refractivity (Wildman–Crippen MR) is 102 cm³/mol. The molecule has 0 fully saturated rings. The highest BCUT2D eigenvalue weighted by Gasteiger charge is 2.34. The standard InChI is InChI=1S/C17H35NO9S/c1-2-3-4-5-6-7-8-9-10-11-18-17(23)16(22)15(21)14(20)13(19)12-27-28(24,25)26/h13-16,19-22H,2-12H2,1H3,(H,18,23)(H,24,25,26)/t13-,14-,15+,16-/m1/s1. The van der Waals surface area contributed by atoms with Crippen LogP contribution in [0.2, 0.25) is 0 Å². The molecule has 0 aromatic heterocycles. The fraction of sp³-hybridized carbons (Fsp3) is 0.941. The van der Waals surface area contributed by atoms with Gasteiger partial charge in [-0.3, -0.25) is 9.35 Å². The Morgan fingerprint density at radius 3 is 1.89 bits per heavy atom. The summed E-state index contributed by atoms with van der Waals surface area (Å²) in [5, 5.41) is 41.0. The van der Waals surface area contributed by atoms with Crippen LogP contribution >= 0.6 is 0 Å². The molecule has 168 valence electrons. The van der Waals surface area contributed by atoms with Crippen LogP contribution in [0, 0.1) is 0 Å². The highest BCUT2D eigenvalue weighted by Crippen LogP contribution is 2.10. The van der Waals surface area contributed by atoms with Crippen LogP contribution in [0.15, 0.2) is 0 Å². The van der Waals surface area contributed by atoms with Gasteiger partial charge in [0.1, 0.15) is 18.3 Å². The van der Waals surface area contributed by atoms with E-state index in [1.165, 1.54) is 32.1 Å². The van der Waals surface area contributed by atoms with Crippen molar-refractivity contribution >= 4 is 16.3 Å². The molecular formula is C17H35NO9S. The van der Waals surface area contributed by atoms with Crippen LogP contribution in [0.5, 0.6) is 0 Å². The van der Waals surface area contributed by atoms with Crippen LogP contribution in [0.25, 0.3) is 0 Å². The zero-order chi connectivity index (χ0) is 21.6. The fourth-order valence-corrected chi connectivity index (χ4v) is 2.89. The third kappa shape index (κ3) is 13.4. The first-order valence-electron chi connectivity index (χ1n) is 9.72. The Hall–Kier alpha value is -0.820. The third-order valence-corrected chi connectivity index (χ3v) is 4.74. The van der Waals surface area contributed by atoms with Gasteiger partial charge in [-0.05, 0) is 6.42 Å². The Balaban J connectivity index is 3.97. The SMILES string of the molecule is CCCCCCCCCCCNC(=O)[C@H](O)[C@@H](O)[C@H](O)[C@H](O)COS(=O)(=O)O. The molecular weight excluding hydrogens is 394 g/mol. The number of hydrogen-bond donors (Lipinski definition) is 6. The van der Waals surface area contributed by atoms with Crippen molar-refractivity contribution < 1.29 is 42.4 Å². The van der Waals surface area contributed by atoms with Gasteiger partial charge in [0.15, 0.2) is 6.10 Å². The number of aliphatic hydroxyl groups is 4. The Kier molecular flexibility index (Phi) is 14.6. The molecule has 0 heterocycles. The normalized spacial score (nSPS) is 16.4. The van der Waals surface area contributed by atoms with Gasteiger partial charge in [0.25, 0.3) is 5.91 Å². The largest absolute Gasteiger partial charge is 0.397 e. The molecule has 0 saturated carbocycles. The molecule has 0 aliphatic carbocycles. The second kappa shape index (κ2) is 15.1. The average molecular weight is 430 g/mol. The molecule has 0 aromatic rings. The van der Waals surface area contributed by atoms with Crippen molar-refractivity contribution in [3.63, 3.8) is 0 Å². The van der Waals surface area contributed by atoms with Gasteiger partial charge < -0.3 is 25.7 Å². The smallest absolute Gasteiger partial charge is 0.388 e. The zero-order valence-corrected chi connectivity index (χ0v) is 17.2. The van der Waals surface area contributed by atoms with Crippen molar-refractivity contribution in [3.05, 3.63) is 0 Å². The molecule has 0 spiro atoms. The number of carbonyl (C=O) groups is 1. The Bertz CT molecular complexity index is 515. The van der Waals surface area contributed by atoms with Crippen LogP contribution in [0.1, 0.15) is 64.7 Å². The lowest BCUT2D eigenvalue weighted by Crippen LogP contribution is -2.52. The van der Waals surface area contributed by atoms with Crippen molar-refractivity contribution in [3.8, 4) is 0 Å². The number of rotatable bonds is 17. The van der Waals surface area contributed by atoms with Crippen molar-refractivity contribution in [1.29, 1.82) is 0 Å². The van der Waals surface area contributed by atoms with Crippen LogP contribution in [0.3, 0.4) is 0 Å². The Labute approximate surface area is 166 Å². The van der Waals surface area contributed by atoms with Crippen LogP contribution < -0.4 is 5.32 Å². The van der Waals surface area contributed by atoms with Crippen LogP contribution in [-0.2, 0) is 19.4 Å². The van der Waals surface area contributed by atoms with Crippen molar-refractivity contribution in [2.45, 2.75) is 89.1 Å². The van der Waals surface area contributed by atoms with Crippen molar-refractivity contribution in [1.82, 2.24) is 5.32 Å². The zero-order valence-electron chi connectivity index (χ0n) is 16.4. The molecule has 0 aliphatic heterocycles. The van der Waals surface area contributed by atoms with E-state index in [4.69, 9.17) is 4.55 Å². The van der Waals surface area contributed by atoms with Gasteiger partial charge in [-0.2, -0.15) is 8.42 Å². The van der Waals surface area contributed by atoms with E-state index in [2.05, 4.69) is 16.4 Å². The molecule has 10 nitrogen and oxygen atoms in total. The molecule has 0 saturated heterocycles. The molecule has 28 heavy (non-hydrogen) atoms. The molecule has 0 aliphatic rings. The van der Waals surface area contributed by atoms with E-state index < -0.39 is 47.3 Å². The van der Waals surface area contributed by atoms with E-state index in [-0.39, 0.29) is 0 Å². The highest BCUT2D eigenvalue weighted by molar-refractivity contribution is 7.80. The molecule has 0 unspecified atom stereocenters. The lowest BCUT2D eigenvalue weighted by molar-refractivity contribution is -0.148. The first-order chi connectivity index (χ1) is 13.1. The minimum atomic E-state index is -4.84. The lowest BCUT2D eigenvalue weighted by Gasteiger charge is -2.25. The maximum atomic E-state index is 11.8. The summed E-state index contributed by atoms with van der Waals surface area (Å²) in [4.78, 5) is 11.8. The van der Waals surface area contributed by atoms with E-state index in [1.54, 1.807) is 0 Å². The van der Waals surface area contributed by atoms with Crippen LogP contribution in [0.4, 0.5) is 0 Å². The fourth-order valence-electron chi connectivity index (χ4n) is 2.58. The summed E-state index contributed by atoms with van der Waals surface area (Å²) in [7, 11) is -4.84. The van der Waals surface area contributed by atoms with Crippen LogP contribution in [-0.4, -0.2) is 76.9 Å². The number of nitrogens with one attached hydrogen (secondary N) is 1. The molecule has 0 aromatic carbocycles. The number of hydrogen-bond acceptors (Lipinski definition) is 8. The summed E-state index contributed by atoms with van der Waals surface area (Å²) in [5.74, 6) is -0.922. The van der Waals surface area contributed by atoms with Crippen molar-refractivity contribution in [2.24, 2.45) is 0 Å². The Morgan fingerprint density at radius 1 is 0.893 bits per heavy atom. The third-order valence-electron chi connectivity index (χ3n) is 4.30. The van der Waals surface area contributed by atoms with E-state index in [0.29, 0.717) is 13.0 Å². The molecule has 11 heteroatoms. The van der Waals surface area contributed by atoms with E-state index >= 15 is 0 Å². The monoisotopic (exact) mass is 429 g/mol. The predicted octanol–water partition coefficient (Wildman–Crippen LogP) is -0.104. The summed E-state index contributed by atoms with van der Waals surface area (Å²) < 4.78 is 33.1. The minimum Gasteiger partial charge on any atom is -0.388 e. The molecule has 0 radical (unpaired) electrons. The first kappa shape index (κ1) is 27.2. The maximum Gasteiger partial charge on any atom is 0.397 e. The summed E-state index contributed by atoms with van der Waals surface area (Å²) in [5.41, 5.74) is 0. The summed E-state index contributed by atoms with van der Waals surface area (Å²) in [6, 6.07) is 0. The van der Waals surface area contributed by atoms with Gasteiger partial charge >= 0.3 is 10.4 Å². The molecule has 0 bridgehead atoms. The summed E-state index contributed by atoms with van der Waals surface area (Å²) in [6.07, 6.45) is 1.88. The molecule has 1 amide bonds. The molecule has 4 atom stereocenters. The second-order valence-corrected chi connectivity index (χ2v) is 7.92. The van der Waals surface area contributed by atoms with Gasteiger partial charge in [-0.15, -0.1) is 0 Å². The van der Waals surface area contributed by atoms with E-state index in [1.807, 2.05) is 0 Å². The quantitative estimate of drug-likeness (QED) is 0.136. The van der Waals surface area contributed by atoms with E-state index in [9.17, 15) is 33.6 Å². The maximum absolute atomic E-state index is 11.8. The second-order valence-electron chi connectivity index (χ2n) is 6.83. The number of unbranched alkanes of at least 4 members (excludes halogenated alkanes) is 8. The van der Waals surface area contributed by atoms with Gasteiger partial charge in [0, 0.05) is 6.54 Å². The minimum absolute atomic E-state index is 0.295. The van der Waals surface area contributed by atoms with Gasteiger partial charge in [0.05, 0.1) is 6.61 Å². The number of carbonyl (C=O) groups excluding carboxylic acids is 1. The van der Waals surface area contributed by atoms with Gasteiger partial charge in [-0.1, -0.05) is 58.3 Å².